The van der Waals surface area contributed by atoms with Crippen LogP contribution in [0.2, 0.25) is 0 Å². The number of hydrogen-bond donors (Lipinski definition) is 3. The van der Waals surface area contributed by atoms with E-state index in [0.717, 1.165) is 0 Å². The first-order valence-electron chi connectivity index (χ1n) is 6.95. The van der Waals surface area contributed by atoms with Crippen LogP contribution in [0.1, 0.15) is 26.7 Å². The zero-order valence-electron chi connectivity index (χ0n) is 12.5. The van der Waals surface area contributed by atoms with Gasteiger partial charge in [0, 0.05) is 18.2 Å². The van der Waals surface area contributed by atoms with Crippen molar-refractivity contribution in [1.82, 2.24) is 0 Å². The maximum absolute atomic E-state index is 11.8. The number of rotatable bonds is 8. The number of benzene rings is 1. The average Bonchev–Trinajstić information content (AvgIpc) is 2.40. The average molecular weight is 293 g/mol. The standard InChI is InChI=1S/C15H23N3O3/c1-10(2)13(16)9-15(20)18-11-3-5-12(6-4-11)21-8-7-14(17)19/h3-6,10,13H,7-9,16H2,1-2H3,(H2,17,19)(H,18,20). The highest BCUT2D eigenvalue weighted by atomic mass is 16.5. The molecule has 0 aliphatic rings. The van der Waals surface area contributed by atoms with Gasteiger partial charge in [0.25, 0.3) is 0 Å². The molecule has 1 atom stereocenters. The number of primary amides is 1. The van der Waals surface area contributed by atoms with Crippen LogP contribution in [0.4, 0.5) is 5.69 Å². The summed E-state index contributed by atoms with van der Waals surface area (Å²) in [6, 6.07) is 6.76. The highest BCUT2D eigenvalue weighted by Gasteiger charge is 2.12. The molecule has 0 spiro atoms. The second-order valence-electron chi connectivity index (χ2n) is 5.25. The number of amides is 2. The van der Waals surface area contributed by atoms with Gasteiger partial charge in [-0.1, -0.05) is 13.8 Å². The van der Waals surface area contributed by atoms with E-state index in [1.807, 2.05) is 13.8 Å². The van der Waals surface area contributed by atoms with Crippen molar-refractivity contribution in [1.29, 1.82) is 0 Å². The maximum atomic E-state index is 11.8. The molecule has 0 aromatic heterocycles. The Morgan fingerprint density at radius 1 is 1.24 bits per heavy atom. The molecule has 6 nitrogen and oxygen atoms in total. The minimum atomic E-state index is -0.402. The zero-order chi connectivity index (χ0) is 15.8. The molecule has 1 unspecified atom stereocenters. The lowest BCUT2D eigenvalue weighted by molar-refractivity contribution is -0.118. The first kappa shape index (κ1) is 17.0. The van der Waals surface area contributed by atoms with Gasteiger partial charge in [0.15, 0.2) is 0 Å². The minimum Gasteiger partial charge on any atom is -0.493 e. The molecule has 21 heavy (non-hydrogen) atoms. The third kappa shape index (κ3) is 6.76. The van der Waals surface area contributed by atoms with Crippen LogP contribution in [0.3, 0.4) is 0 Å². The molecule has 0 aliphatic heterocycles. The van der Waals surface area contributed by atoms with E-state index in [0.29, 0.717) is 11.4 Å². The fraction of sp³-hybridized carbons (Fsp3) is 0.467. The van der Waals surface area contributed by atoms with E-state index >= 15 is 0 Å². The smallest absolute Gasteiger partial charge is 0.225 e. The molecule has 0 fully saturated rings. The van der Waals surface area contributed by atoms with E-state index in [2.05, 4.69) is 5.32 Å². The number of anilines is 1. The molecular formula is C15H23N3O3. The first-order valence-corrected chi connectivity index (χ1v) is 6.95. The van der Waals surface area contributed by atoms with Crippen LogP contribution in [-0.2, 0) is 9.59 Å². The summed E-state index contributed by atoms with van der Waals surface area (Å²) in [5, 5.41) is 2.78. The molecule has 0 aliphatic carbocycles. The summed E-state index contributed by atoms with van der Waals surface area (Å²) in [5.41, 5.74) is 11.6. The van der Waals surface area contributed by atoms with Crippen molar-refractivity contribution in [3.63, 3.8) is 0 Å². The topological polar surface area (TPSA) is 107 Å². The van der Waals surface area contributed by atoms with E-state index in [1.54, 1.807) is 24.3 Å². The van der Waals surface area contributed by atoms with Crippen molar-refractivity contribution < 1.29 is 14.3 Å². The van der Waals surface area contributed by atoms with Gasteiger partial charge in [0.05, 0.1) is 13.0 Å². The minimum absolute atomic E-state index is 0.112. The summed E-state index contributed by atoms with van der Waals surface area (Å²) in [7, 11) is 0. The Morgan fingerprint density at radius 2 is 1.86 bits per heavy atom. The molecule has 0 radical (unpaired) electrons. The number of carbonyl (C=O) groups excluding carboxylic acids is 2. The third-order valence-corrected chi connectivity index (χ3v) is 3.03. The lowest BCUT2D eigenvalue weighted by Gasteiger charge is -2.15. The molecule has 1 aromatic carbocycles. The van der Waals surface area contributed by atoms with Crippen molar-refractivity contribution in [2.75, 3.05) is 11.9 Å². The highest BCUT2D eigenvalue weighted by molar-refractivity contribution is 5.91. The van der Waals surface area contributed by atoms with E-state index in [-0.39, 0.29) is 37.3 Å². The van der Waals surface area contributed by atoms with E-state index < -0.39 is 5.91 Å². The first-order chi connectivity index (χ1) is 9.88. The second-order valence-corrected chi connectivity index (χ2v) is 5.25. The molecule has 0 bridgehead atoms. The Labute approximate surface area is 124 Å². The molecule has 116 valence electrons. The van der Waals surface area contributed by atoms with Crippen molar-refractivity contribution in [3.8, 4) is 5.75 Å². The number of hydrogen-bond acceptors (Lipinski definition) is 4. The molecule has 1 rings (SSSR count). The Kier molecular flexibility index (Phi) is 6.68. The summed E-state index contributed by atoms with van der Waals surface area (Å²) in [6.45, 7) is 4.20. The molecule has 2 amide bonds. The predicted octanol–water partition coefficient (Wildman–Crippen LogP) is 1.25. The van der Waals surface area contributed by atoms with Gasteiger partial charge in [0.1, 0.15) is 5.75 Å². The Morgan fingerprint density at radius 3 is 2.38 bits per heavy atom. The van der Waals surface area contributed by atoms with Crippen LogP contribution >= 0.6 is 0 Å². The Bertz CT molecular complexity index is 472. The van der Waals surface area contributed by atoms with Gasteiger partial charge in [-0.15, -0.1) is 0 Å². The lowest BCUT2D eigenvalue weighted by atomic mass is 10.0. The monoisotopic (exact) mass is 293 g/mol. The summed E-state index contributed by atoms with van der Waals surface area (Å²) in [4.78, 5) is 22.4. The molecule has 5 N–H and O–H groups in total. The molecular weight excluding hydrogens is 270 g/mol. The van der Waals surface area contributed by atoms with Gasteiger partial charge in [0.2, 0.25) is 11.8 Å². The van der Waals surface area contributed by atoms with Gasteiger partial charge in [-0.2, -0.15) is 0 Å². The quantitative estimate of drug-likeness (QED) is 0.670. The van der Waals surface area contributed by atoms with Gasteiger partial charge in [-0.25, -0.2) is 0 Å². The summed E-state index contributed by atoms with van der Waals surface area (Å²) >= 11 is 0. The van der Waals surface area contributed by atoms with Gasteiger partial charge >= 0.3 is 0 Å². The number of ether oxygens (including phenoxy) is 1. The molecule has 1 aromatic rings. The number of nitrogens with one attached hydrogen (secondary N) is 1. The second kappa shape index (κ2) is 8.26. The van der Waals surface area contributed by atoms with Crippen molar-refractivity contribution >= 4 is 17.5 Å². The fourth-order valence-corrected chi connectivity index (χ4v) is 1.57. The Hall–Kier alpha value is -2.08. The van der Waals surface area contributed by atoms with Crippen LogP contribution in [0, 0.1) is 5.92 Å². The van der Waals surface area contributed by atoms with Crippen LogP contribution in [0.15, 0.2) is 24.3 Å². The summed E-state index contributed by atoms with van der Waals surface area (Å²) in [5.74, 6) is 0.365. The van der Waals surface area contributed by atoms with Gasteiger partial charge in [-0.05, 0) is 30.2 Å². The normalized spacial score (nSPS) is 12.0. The van der Waals surface area contributed by atoms with Crippen LogP contribution in [-0.4, -0.2) is 24.5 Å². The fourth-order valence-electron chi connectivity index (χ4n) is 1.57. The predicted molar refractivity (Wildman–Crippen MR) is 81.8 cm³/mol. The summed E-state index contributed by atoms with van der Waals surface area (Å²) in [6.07, 6.45) is 0.458. The number of carbonyl (C=O) groups is 2. The molecule has 0 saturated carbocycles. The highest BCUT2D eigenvalue weighted by Crippen LogP contribution is 2.16. The van der Waals surface area contributed by atoms with Crippen LogP contribution in [0.25, 0.3) is 0 Å². The molecule has 6 heteroatoms. The van der Waals surface area contributed by atoms with Crippen LogP contribution < -0.4 is 21.5 Å². The lowest BCUT2D eigenvalue weighted by Crippen LogP contribution is -2.31. The van der Waals surface area contributed by atoms with Gasteiger partial charge in [-0.3, -0.25) is 9.59 Å². The SMILES string of the molecule is CC(C)C(N)CC(=O)Nc1ccc(OCCC(N)=O)cc1. The van der Waals surface area contributed by atoms with E-state index in [4.69, 9.17) is 16.2 Å². The third-order valence-electron chi connectivity index (χ3n) is 3.03. The Balaban J connectivity index is 2.43. The van der Waals surface area contributed by atoms with Crippen molar-refractivity contribution in [3.05, 3.63) is 24.3 Å². The van der Waals surface area contributed by atoms with Gasteiger partial charge < -0.3 is 21.5 Å². The largest absolute Gasteiger partial charge is 0.493 e. The van der Waals surface area contributed by atoms with E-state index in [9.17, 15) is 9.59 Å². The van der Waals surface area contributed by atoms with E-state index in [1.165, 1.54) is 0 Å². The summed E-state index contributed by atoms with van der Waals surface area (Å²) < 4.78 is 5.34. The van der Waals surface area contributed by atoms with Crippen molar-refractivity contribution in [2.45, 2.75) is 32.7 Å². The number of nitrogens with two attached hydrogens (primary N) is 2. The zero-order valence-corrected chi connectivity index (χ0v) is 12.5. The van der Waals surface area contributed by atoms with Crippen LogP contribution in [0.5, 0.6) is 5.75 Å². The maximum Gasteiger partial charge on any atom is 0.225 e. The molecule has 0 saturated heterocycles. The molecule has 0 heterocycles. The van der Waals surface area contributed by atoms with Crippen molar-refractivity contribution in [2.24, 2.45) is 17.4 Å².